The highest BCUT2D eigenvalue weighted by Crippen LogP contribution is 2.30. The van der Waals surface area contributed by atoms with Crippen LogP contribution in [0, 0.1) is 0 Å². The van der Waals surface area contributed by atoms with Crippen LogP contribution >= 0.6 is 0 Å². The Labute approximate surface area is 222 Å². The number of benzene rings is 5. The molecular formula is C33H26O4Si. The quantitative estimate of drug-likeness (QED) is 0.180. The molecule has 5 aromatic carbocycles. The van der Waals surface area contributed by atoms with Gasteiger partial charge in [0.05, 0.1) is 11.1 Å². The minimum Gasteiger partial charge on any atom is -0.478 e. The topological polar surface area (TPSA) is 63.6 Å². The number of esters is 1. The number of carbonyl (C=O) groups excluding carboxylic acids is 1. The summed E-state index contributed by atoms with van der Waals surface area (Å²) in [7, 11) is -3.12. The van der Waals surface area contributed by atoms with Crippen molar-refractivity contribution in [2.45, 2.75) is 5.73 Å². The van der Waals surface area contributed by atoms with E-state index in [1.54, 1.807) is 12.1 Å². The van der Waals surface area contributed by atoms with Crippen molar-refractivity contribution in [2.24, 2.45) is 0 Å². The van der Waals surface area contributed by atoms with E-state index in [2.05, 4.69) is 36.4 Å². The molecule has 1 N–H and O–H groups in total. The number of rotatable bonds is 8. The lowest BCUT2D eigenvalue weighted by Gasteiger charge is -2.40. The predicted octanol–water partition coefficient (Wildman–Crippen LogP) is 4.99. The van der Waals surface area contributed by atoms with Gasteiger partial charge >= 0.3 is 11.9 Å². The summed E-state index contributed by atoms with van der Waals surface area (Å²) in [5, 5.41) is 13.0. The lowest BCUT2D eigenvalue weighted by Crippen LogP contribution is -2.71. The van der Waals surface area contributed by atoms with Gasteiger partial charge in [-0.2, -0.15) is 0 Å². The van der Waals surface area contributed by atoms with Crippen molar-refractivity contribution >= 4 is 35.6 Å². The third-order valence-electron chi connectivity index (χ3n) is 6.79. The van der Waals surface area contributed by atoms with Gasteiger partial charge in [0, 0.05) is 0 Å². The summed E-state index contributed by atoms with van der Waals surface area (Å²) < 4.78 is 6.50. The second-order valence-corrected chi connectivity index (χ2v) is 12.8. The zero-order valence-electron chi connectivity index (χ0n) is 20.6. The Morgan fingerprint density at radius 3 is 1.32 bits per heavy atom. The van der Waals surface area contributed by atoms with Gasteiger partial charge in [0.25, 0.3) is 0 Å². The van der Waals surface area contributed by atoms with Crippen LogP contribution in [0.25, 0.3) is 0 Å². The Morgan fingerprint density at radius 1 is 0.526 bits per heavy atom. The molecule has 5 aromatic rings. The lowest BCUT2D eigenvalue weighted by molar-refractivity contribution is 0.0425. The lowest BCUT2D eigenvalue weighted by atomic mass is 10.1. The fourth-order valence-corrected chi connectivity index (χ4v) is 10.1. The largest absolute Gasteiger partial charge is 0.478 e. The first-order valence-electron chi connectivity index (χ1n) is 12.4. The third-order valence-corrected chi connectivity index (χ3v) is 11.8. The first-order chi connectivity index (χ1) is 18.6. The van der Waals surface area contributed by atoms with E-state index in [-0.39, 0.29) is 11.1 Å². The summed E-state index contributed by atoms with van der Waals surface area (Å²) in [6.07, 6.45) is 0. The van der Waals surface area contributed by atoms with Gasteiger partial charge < -0.3 is 9.84 Å². The van der Waals surface area contributed by atoms with Gasteiger partial charge in [-0.1, -0.05) is 133 Å². The van der Waals surface area contributed by atoms with Crippen LogP contribution in [0.1, 0.15) is 32.0 Å². The molecule has 0 saturated carbocycles. The molecule has 0 fully saturated rings. The first kappa shape index (κ1) is 24.9. The highest BCUT2D eigenvalue weighted by Gasteiger charge is 2.50. The molecule has 0 saturated heterocycles. The molecule has 0 amide bonds. The number of hydrogen-bond acceptors (Lipinski definition) is 3. The molecule has 0 aliphatic heterocycles. The molecule has 186 valence electrons. The minimum absolute atomic E-state index is 0.0259. The fraction of sp³-hybridized carbons (Fsp3) is 0.0303. The minimum atomic E-state index is -3.12. The fourth-order valence-electron chi connectivity index (χ4n) is 5.11. The molecule has 0 bridgehead atoms. The number of carboxylic acids is 1. The Morgan fingerprint density at radius 2 is 0.895 bits per heavy atom. The van der Waals surface area contributed by atoms with Crippen LogP contribution in [-0.2, 0) is 4.74 Å². The summed E-state index contributed by atoms with van der Waals surface area (Å²) >= 11 is 0. The van der Waals surface area contributed by atoms with E-state index in [0.717, 1.165) is 21.1 Å². The maximum atomic E-state index is 13.8. The molecule has 0 radical (unpaired) electrons. The molecule has 0 spiro atoms. The molecule has 0 unspecified atom stereocenters. The summed E-state index contributed by atoms with van der Waals surface area (Å²) in [4.78, 5) is 25.8. The van der Waals surface area contributed by atoms with Crippen LogP contribution in [0.5, 0.6) is 0 Å². The van der Waals surface area contributed by atoms with Crippen molar-refractivity contribution in [3.8, 4) is 0 Å². The summed E-state index contributed by atoms with van der Waals surface area (Å²) in [6, 6.07) is 46.5. The van der Waals surface area contributed by atoms with Crippen LogP contribution < -0.4 is 15.6 Å². The van der Waals surface area contributed by atoms with E-state index in [1.807, 2.05) is 84.9 Å². The van der Waals surface area contributed by atoms with Crippen molar-refractivity contribution < 1.29 is 19.4 Å². The number of ether oxygens (including phenoxy) is 1. The molecule has 4 nitrogen and oxygen atoms in total. The molecule has 0 aliphatic carbocycles. The smallest absolute Gasteiger partial charge is 0.339 e. The van der Waals surface area contributed by atoms with Crippen LogP contribution in [0.2, 0.25) is 0 Å². The maximum Gasteiger partial charge on any atom is 0.339 e. The summed E-state index contributed by atoms with van der Waals surface area (Å²) in [5.41, 5.74) is 0.0934. The van der Waals surface area contributed by atoms with E-state index >= 15 is 0 Å². The normalized spacial score (nSPS) is 11.9. The van der Waals surface area contributed by atoms with Crippen LogP contribution in [0.4, 0.5) is 0 Å². The van der Waals surface area contributed by atoms with Gasteiger partial charge in [0.15, 0.2) is 8.07 Å². The maximum absolute atomic E-state index is 13.8. The molecular weight excluding hydrogens is 488 g/mol. The summed E-state index contributed by atoms with van der Waals surface area (Å²) in [6.45, 7) is 0. The van der Waals surface area contributed by atoms with E-state index in [9.17, 15) is 14.7 Å². The molecule has 5 heteroatoms. The van der Waals surface area contributed by atoms with Gasteiger partial charge in [-0.15, -0.1) is 0 Å². The zero-order chi connectivity index (χ0) is 26.4. The Hall–Kier alpha value is -4.74. The standard InChI is InChI=1S/C33H26O4Si/c34-31(35)29-23-13-14-24-30(29)32(36)37-33(25-15-5-1-6-16-25)38(26-17-7-2-8-18-26,27-19-9-3-10-20-27)28-21-11-4-12-22-28/h1-24,33H,(H,34,35)/t33-/m1/s1. The van der Waals surface area contributed by atoms with Crippen molar-refractivity contribution in [3.63, 3.8) is 0 Å². The third kappa shape index (κ3) is 4.67. The van der Waals surface area contributed by atoms with E-state index < -0.39 is 25.7 Å². The van der Waals surface area contributed by atoms with Crippen LogP contribution in [0.15, 0.2) is 146 Å². The van der Waals surface area contributed by atoms with Gasteiger partial charge in [0.1, 0.15) is 5.73 Å². The zero-order valence-corrected chi connectivity index (χ0v) is 21.6. The predicted molar refractivity (Wildman–Crippen MR) is 152 cm³/mol. The molecule has 0 heterocycles. The van der Waals surface area contributed by atoms with Crippen molar-refractivity contribution in [3.05, 3.63) is 162 Å². The van der Waals surface area contributed by atoms with Crippen LogP contribution in [0.3, 0.4) is 0 Å². The molecule has 5 rings (SSSR count). The average molecular weight is 515 g/mol. The Bertz CT molecular complexity index is 1420. The SMILES string of the molecule is O=C(O)c1ccccc1C(=O)O[C@@H](c1ccccc1)[Si](c1ccccc1)(c1ccccc1)c1ccccc1. The van der Waals surface area contributed by atoms with Crippen LogP contribution in [-0.4, -0.2) is 25.1 Å². The van der Waals surface area contributed by atoms with Crippen molar-refractivity contribution in [2.75, 3.05) is 0 Å². The number of aromatic carboxylic acids is 1. The first-order valence-corrected chi connectivity index (χ1v) is 14.4. The Balaban J connectivity index is 1.81. The summed E-state index contributed by atoms with van der Waals surface area (Å²) in [5.74, 6) is -1.84. The molecule has 38 heavy (non-hydrogen) atoms. The number of carboxylic acid groups (broad SMARTS) is 1. The van der Waals surface area contributed by atoms with Crippen molar-refractivity contribution in [1.29, 1.82) is 0 Å². The highest BCUT2D eigenvalue weighted by atomic mass is 28.3. The molecule has 0 aliphatic rings. The van der Waals surface area contributed by atoms with Gasteiger partial charge in [0.2, 0.25) is 0 Å². The van der Waals surface area contributed by atoms with Gasteiger partial charge in [-0.3, -0.25) is 0 Å². The van der Waals surface area contributed by atoms with E-state index in [1.165, 1.54) is 12.1 Å². The second-order valence-electron chi connectivity index (χ2n) is 8.95. The number of carbonyl (C=O) groups is 2. The van der Waals surface area contributed by atoms with E-state index in [0.29, 0.717) is 0 Å². The van der Waals surface area contributed by atoms with Gasteiger partial charge in [-0.05, 0) is 33.3 Å². The second kappa shape index (κ2) is 11.1. The Kier molecular flexibility index (Phi) is 7.29. The average Bonchev–Trinajstić information content (AvgIpc) is 2.99. The monoisotopic (exact) mass is 514 g/mol. The van der Waals surface area contributed by atoms with Gasteiger partial charge in [-0.25, -0.2) is 9.59 Å². The molecule has 1 atom stereocenters. The van der Waals surface area contributed by atoms with Crippen molar-refractivity contribution in [1.82, 2.24) is 0 Å². The highest BCUT2D eigenvalue weighted by molar-refractivity contribution is 7.12. The number of hydrogen-bond donors (Lipinski definition) is 1. The van der Waals surface area contributed by atoms with E-state index in [4.69, 9.17) is 4.74 Å². The molecule has 0 aromatic heterocycles.